The van der Waals surface area contributed by atoms with Crippen molar-refractivity contribution < 1.29 is 9.59 Å². The lowest BCUT2D eigenvalue weighted by Crippen LogP contribution is -2.49. The van der Waals surface area contributed by atoms with E-state index in [0.717, 1.165) is 50.2 Å². The molecule has 1 N–H and O–H groups in total. The van der Waals surface area contributed by atoms with Crippen molar-refractivity contribution in [2.24, 2.45) is 0 Å². The fraction of sp³-hybridized carbons (Fsp3) is 0.500. The van der Waals surface area contributed by atoms with Crippen LogP contribution in [0.15, 0.2) is 36.4 Å². The molecule has 0 radical (unpaired) electrons. The monoisotopic (exact) mass is 380 g/mol. The molecule has 2 fully saturated rings. The van der Waals surface area contributed by atoms with Crippen LogP contribution in [-0.4, -0.2) is 57.5 Å². The highest BCUT2D eigenvalue weighted by Crippen LogP contribution is 2.28. The van der Waals surface area contributed by atoms with Gasteiger partial charge in [0.15, 0.2) is 0 Å². The summed E-state index contributed by atoms with van der Waals surface area (Å²) in [7, 11) is 0. The molecule has 2 aliphatic heterocycles. The number of rotatable bonds is 5. The first-order chi connectivity index (χ1) is 13.6. The van der Waals surface area contributed by atoms with Crippen LogP contribution in [0, 0.1) is 0 Å². The van der Waals surface area contributed by atoms with Gasteiger partial charge in [0.1, 0.15) is 6.04 Å². The standard InChI is InChI=1S/C22H28N4O2/c1-16(26-11-5-8-21(26)27)22(28)25-12-9-18(10-13-25)20-15-19(23-24-20)14-17-6-3-2-4-7-17/h2-4,6-7,15-16,18H,5,8-14H2,1H3,(H,23,24). The Kier molecular flexibility index (Phi) is 5.46. The topological polar surface area (TPSA) is 69.3 Å². The number of hydrogen-bond donors (Lipinski definition) is 1. The molecule has 2 saturated heterocycles. The second-order valence-corrected chi connectivity index (χ2v) is 7.95. The van der Waals surface area contributed by atoms with Crippen molar-refractivity contribution in [3.63, 3.8) is 0 Å². The van der Waals surface area contributed by atoms with Gasteiger partial charge in [0.05, 0.1) is 5.69 Å². The van der Waals surface area contributed by atoms with Gasteiger partial charge in [-0.05, 0) is 37.8 Å². The van der Waals surface area contributed by atoms with E-state index in [1.807, 2.05) is 17.9 Å². The van der Waals surface area contributed by atoms with Gasteiger partial charge in [-0.25, -0.2) is 0 Å². The van der Waals surface area contributed by atoms with E-state index in [1.165, 1.54) is 5.56 Å². The lowest BCUT2D eigenvalue weighted by Gasteiger charge is -2.35. The van der Waals surface area contributed by atoms with Crippen molar-refractivity contribution in [1.82, 2.24) is 20.0 Å². The quantitative estimate of drug-likeness (QED) is 0.867. The summed E-state index contributed by atoms with van der Waals surface area (Å²) in [5.41, 5.74) is 3.49. The third kappa shape index (κ3) is 3.96. The molecule has 2 aliphatic rings. The molecular formula is C22H28N4O2. The van der Waals surface area contributed by atoms with Crippen LogP contribution in [0.5, 0.6) is 0 Å². The largest absolute Gasteiger partial charge is 0.341 e. The zero-order chi connectivity index (χ0) is 19.5. The number of amides is 2. The number of likely N-dealkylation sites (tertiary alicyclic amines) is 2. The molecule has 0 saturated carbocycles. The number of carbonyl (C=O) groups is 2. The zero-order valence-electron chi connectivity index (χ0n) is 16.4. The number of H-pyrrole nitrogens is 1. The van der Waals surface area contributed by atoms with Crippen LogP contribution in [-0.2, 0) is 16.0 Å². The van der Waals surface area contributed by atoms with E-state index in [-0.39, 0.29) is 17.9 Å². The molecule has 6 nitrogen and oxygen atoms in total. The fourth-order valence-electron chi connectivity index (χ4n) is 4.37. The van der Waals surface area contributed by atoms with Gasteiger partial charge in [0.2, 0.25) is 11.8 Å². The van der Waals surface area contributed by atoms with E-state index in [1.54, 1.807) is 4.90 Å². The van der Waals surface area contributed by atoms with Crippen LogP contribution in [0.4, 0.5) is 0 Å². The van der Waals surface area contributed by atoms with E-state index >= 15 is 0 Å². The summed E-state index contributed by atoms with van der Waals surface area (Å²) in [6.07, 6.45) is 4.13. The van der Waals surface area contributed by atoms with Crippen molar-refractivity contribution in [3.05, 3.63) is 53.3 Å². The molecule has 28 heavy (non-hydrogen) atoms. The molecule has 2 amide bonds. The minimum Gasteiger partial charge on any atom is -0.341 e. The molecule has 3 heterocycles. The maximum absolute atomic E-state index is 12.8. The van der Waals surface area contributed by atoms with Gasteiger partial charge in [0.25, 0.3) is 0 Å². The van der Waals surface area contributed by atoms with Gasteiger partial charge < -0.3 is 9.80 Å². The minimum absolute atomic E-state index is 0.0838. The maximum atomic E-state index is 12.8. The Bertz CT molecular complexity index is 824. The maximum Gasteiger partial charge on any atom is 0.245 e. The highest BCUT2D eigenvalue weighted by molar-refractivity contribution is 5.88. The number of carbonyl (C=O) groups excluding carboxylic acids is 2. The van der Waals surface area contributed by atoms with Gasteiger partial charge in [-0.1, -0.05) is 30.3 Å². The van der Waals surface area contributed by atoms with Gasteiger partial charge in [-0.3, -0.25) is 14.7 Å². The molecule has 0 bridgehead atoms. The fourth-order valence-corrected chi connectivity index (χ4v) is 4.37. The summed E-state index contributed by atoms with van der Waals surface area (Å²) in [6.45, 7) is 4.04. The van der Waals surface area contributed by atoms with Crippen LogP contribution < -0.4 is 0 Å². The summed E-state index contributed by atoms with van der Waals surface area (Å²) in [5, 5.41) is 7.70. The van der Waals surface area contributed by atoms with Gasteiger partial charge >= 0.3 is 0 Å². The van der Waals surface area contributed by atoms with Crippen molar-refractivity contribution >= 4 is 11.8 Å². The van der Waals surface area contributed by atoms with Crippen molar-refractivity contribution in [3.8, 4) is 0 Å². The van der Waals surface area contributed by atoms with E-state index in [4.69, 9.17) is 0 Å². The predicted octanol–water partition coefficient (Wildman–Crippen LogP) is 2.72. The Hall–Kier alpha value is -2.63. The summed E-state index contributed by atoms with van der Waals surface area (Å²) >= 11 is 0. The summed E-state index contributed by atoms with van der Waals surface area (Å²) in [5.74, 6) is 0.576. The molecule has 4 rings (SSSR count). The first kappa shape index (κ1) is 18.7. The Balaban J connectivity index is 1.32. The average molecular weight is 380 g/mol. The van der Waals surface area contributed by atoms with Crippen LogP contribution in [0.1, 0.15) is 55.5 Å². The number of nitrogens with one attached hydrogen (secondary N) is 1. The Labute approximate surface area is 165 Å². The number of aromatic amines is 1. The second-order valence-electron chi connectivity index (χ2n) is 7.95. The van der Waals surface area contributed by atoms with E-state index < -0.39 is 0 Å². The number of piperidine rings is 1. The van der Waals surface area contributed by atoms with Crippen LogP contribution >= 0.6 is 0 Å². The number of nitrogens with zero attached hydrogens (tertiary/aromatic N) is 3. The van der Waals surface area contributed by atoms with Crippen LogP contribution in [0.3, 0.4) is 0 Å². The van der Waals surface area contributed by atoms with Crippen LogP contribution in [0.2, 0.25) is 0 Å². The Morgan fingerprint density at radius 3 is 2.64 bits per heavy atom. The normalized spacial score (nSPS) is 19.2. The predicted molar refractivity (Wildman–Crippen MR) is 107 cm³/mol. The lowest BCUT2D eigenvalue weighted by molar-refractivity contribution is -0.143. The van der Waals surface area contributed by atoms with Crippen molar-refractivity contribution in [1.29, 1.82) is 0 Å². The molecule has 1 unspecified atom stereocenters. The molecule has 1 aromatic carbocycles. The van der Waals surface area contributed by atoms with Crippen molar-refractivity contribution in [2.75, 3.05) is 19.6 Å². The smallest absolute Gasteiger partial charge is 0.245 e. The third-order valence-corrected chi connectivity index (χ3v) is 6.05. The molecule has 1 atom stereocenters. The molecule has 0 aliphatic carbocycles. The molecule has 0 spiro atoms. The highest BCUT2D eigenvalue weighted by atomic mass is 16.2. The Morgan fingerprint density at radius 2 is 1.96 bits per heavy atom. The zero-order valence-corrected chi connectivity index (χ0v) is 16.4. The molecular weight excluding hydrogens is 352 g/mol. The molecule has 1 aromatic heterocycles. The Morgan fingerprint density at radius 1 is 1.21 bits per heavy atom. The molecule has 2 aromatic rings. The van der Waals surface area contributed by atoms with Gasteiger partial charge in [0, 0.05) is 44.1 Å². The SMILES string of the molecule is CC(C(=O)N1CCC(c2cc(Cc3ccccc3)[nH]n2)CC1)N1CCCC1=O. The van der Waals surface area contributed by atoms with Crippen molar-refractivity contribution in [2.45, 2.75) is 51.0 Å². The first-order valence-corrected chi connectivity index (χ1v) is 10.3. The van der Waals surface area contributed by atoms with Gasteiger partial charge in [-0.15, -0.1) is 0 Å². The van der Waals surface area contributed by atoms with E-state index in [0.29, 0.717) is 18.9 Å². The number of hydrogen-bond acceptors (Lipinski definition) is 3. The number of benzene rings is 1. The van der Waals surface area contributed by atoms with Crippen LogP contribution in [0.25, 0.3) is 0 Å². The summed E-state index contributed by atoms with van der Waals surface area (Å²) < 4.78 is 0. The average Bonchev–Trinajstić information content (AvgIpc) is 3.37. The number of aromatic nitrogens is 2. The van der Waals surface area contributed by atoms with Gasteiger partial charge in [-0.2, -0.15) is 5.10 Å². The molecule has 6 heteroatoms. The molecule has 148 valence electrons. The minimum atomic E-state index is -0.339. The lowest BCUT2D eigenvalue weighted by atomic mass is 9.93. The highest BCUT2D eigenvalue weighted by Gasteiger charge is 2.34. The summed E-state index contributed by atoms with van der Waals surface area (Å²) in [6, 6.07) is 12.2. The first-order valence-electron chi connectivity index (χ1n) is 10.3. The van der Waals surface area contributed by atoms with E-state index in [9.17, 15) is 9.59 Å². The second kappa shape index (κ2) is 8.17. The van der Waals surface area contributed by atoms with E-state index in [2.05, 4.69) is 40.5 Å². The third-order valence-electron chi connectivity index (χ3n) is 6.05. The summed E-state index contributed by atoms with van der Waals surface area (Å²) in [4.78, 5) is 28.4.